The van der Waals surface area contributed by atoms with E-state index < -0.39 is 11.6 Å². The zero-order valence-electron chi connectivity index (χ0n) is 24.4. The zero-order chi connectivity index (χ0) is 30.2. The van der Waals surface area contributed by atoms with Crippen LogP contribution in [0.4, 0.5) is 5.69 Å². The van der Waals surface area contributed by atoms with E-state index in [0.717, 1.165) is 32.4 Å². The van der Waals surface area contributed by atoms with Gasteiger partial charge in [-0.2, -0.15) is 0 Å². The zero-order valence-corrected chi connectivity index (χ0v) is 26.0. The molecule has 43 heavy (non-hydrogen) atoms. The molecular weight excluding hydrogens is 606 g/mol. The van der Waals surface area contributed by atoms with Crippen molar-refractivity contribution in [2.24, 2.45) is 4.99 Å². The fourth-order valence-corrected chi connectivity index (χ4v) is 5.34. The van der Waals surface area contributed by atoms with Crippen LogP contribution < -0.4 is 15.0 Å². The lowest BCUT2D eigenvalue weighted by Gasteiger charge is -2.31. The maximum atomic E-state index is 14.4. The number of halogens is 1. The summed E-state index contributed by atoms with van der Waals surface area (Å²) in [6.07, 6.45) is 0.252. The van der Waals surface area contributed by atoms with Crippen molar-refractivity contribution in [2.75, 3.05) is 32.2 Å². The molecule has 0 saturated carbocycles. The molecule has 0 bridgehead atoms. The van der Waals surface area contributed by atoms with Gasteiger partial charge in [-0.1, -0.05) is 70.5 Å². The summed E-state index contributed by atoms with van der Waals surface area (Å²) < 4.78 is 13.3. The van der Waals surface area contributed by atoms with Crippen LogP contribution in [0.25, 0.3) is 0 Å². The number of carbonyl (C=O) groups is 1. The largest absolute Gasteiger partial charge is 0.494 e. The molecule has 1 aliphatic rings. The van der Waals surface area contributed by atoms with Crippen LogP contribution in [-0.2, 0) is 22.5 Å². The average Bonchev–Trinajstić information content (AvgIpc) is 3.41. The lowest BCUT2D eigenvalue weighted by molar-refractivity contribution is -0.129. The summed E-state index contributed by atoms with van der Waals surface area (Å²) in [6, 6.07) is 33.4. The summed E-state index contributed by atoms with van der Waals surface area (Å²) in [6.45, 7) is 0.866. The van der Waals surface area contributed by atoms with Gasteiger partial charge in [-0.05, 0) is 65.2 Å². The van der Waals surface area contributed by atoms with Crippen LogP contribution in [0.15, 0.2) is 113 Å². The van der Waals surface area contributed by atoms with Gasteiger partial charge in [0.2, 0.25) is 5.90 Å². The Morgan fingerprint density at radius 2 is 1.65 bits per heavy atom. The Morgan fingerprint density at radius 3 is 2.30 bits per heavy atom. The van der Waals surface area contributed by atoms with Crippen molar-refractivity contribution >= 4 is 33.4 Å². The summed E-state index contributed by atoms with van der Waals surface area (Å²) >= 11 is 3.53. The predicted molar refractivity (Wildman–Crippen MR) is 174 cm³/mol. The normalized spacial score (nSPS) is 17.6. The maximum Gasteiger partial charge on any atom is 0.252 e. The highest BCUT2D eigenvalue weighted by Crippen LogP contribution is 2.43. The number of aliphatic imine (C=N–C) groups is 1. The van der Waals surface area contributed by atoms with E-state index in [9.17, 15) is 4.79 Å². The number of benzene rings is 4. The third-order valence-electron chi connectivity index (χ3n) is 7.42. The summed E-state index contributed by atoms with van der Waals surface area (Å²) in [4.78, 5) is 21.5. The van der Waals surface area contributed by atoms with Gasteiger partial charge >= 0.3 is 0 Å². The van der Waals surface area contributed by atoms with Crippen molar-refractivity contribution in [2.45, 2.75) is 31.0 Å². The minimum absolute atomic E-state index is 0.0765. The molecule has 0 aromatic heterocycles. The van der Waals surface area contributed by atoms with Crippen LogP contribution in [0.2, 0.25) is 0 Å². The first-order valence-corrected chi connectivity index (χ1v) is 15.1. The molecule has 0 unspecified atom stereocenters. The maximum absolute atomic E-state index is 14.4. The molecule has 0 aliphatic carbocycles. The van der Waals surface area contributed by atoms with Crippen molar-refractivity contribution in [3.63, 3.8) is 0 Å². The van der Waals surface area contributed by atoms with E-state index in [2.05, 4.69) is 21.2 Å². The Balaban J connectivity index is 1.51. The number of nitrogens with one attached hydrogen (secondary N) is 1. The molecule has 0 radical (unpaired) electrons. The van der Waals surface area contributed by atoms with Crippen LogP contribution in [0.5, 0.6) is 5.75 Å². The van der Waals surface area contributed by atoms with Crippen LogP contribution in [0, 0.1) is 0 Å². The molecule has 222 valence electrons. The van der Waals surface area contributed by atoms with Gasteiger partial charge in [0.1, 0.15) is 5.75 Å². The fourth-order valence-electron chi connectivity index (χ4n) is 5.07. The molecule has 0 spiro atoms. The van der Waals surface area contributed by atoms with E-state index in [-0.39, 0.29) is 12.5 Å². The Labute approximate surface area is 261 Å². The molecule has 4 aromatic rings. The van der Waals surface area contributed by atoms with Crippen molar-refractivity contribution < 1.29 is 19.4 Å². The van der Waals surface area contributed by atoms with Crippen LogP contribution in [0.1, 0.15) is 34.8 Å². The molecule has 2 N–H and O–H groups in total. The van der Waals surface area contributed by atoms with Gasteiger partial charge in [0.15, 0.2) is 11.6 Å². The Morgan fingerprint density at radius 1 is 0.953 bits per heavy atom. The molecule has 0 fully saturated rings. The smallest absolute Gasteiger partial charge is 0.252 e. The molecular formula is C35H36BrN3O4. The molecule has 1 aliphatic heterocycles. The van der Waals surface area contributed by atoms with E-state index >= 15 is 0 Å². The summed E-state index contributed by atoms with van der Waals surface area (Å²) in [7, 11) is 4.00. The van der Waals surface area contributed by atoms with E-state index in [1.165, 1.54) is 0 Å². The van der Waals surface area contributed by atoms with E-state index in [0.29, 0.717) is 37.6 Å². The first-order valence-electron chi connectivity index (χ1n) is 14.3. The standard InChI is InChI=1S/C35H36BrN3O4/c1-39(2)30-17-9-26(10-18-30)24-37-34(41)35(23-25-7-4-3-5-8-25)32(27-11-15-29(36)16-12-27)43-33(38-35)28-13-19-31(20-14-28)42-22-6-21-40/h3-5,7-20,32,40H,6,21-24H2,1-2H3,(H,37,41)/t32-,35-/m1/s1. The number of aliphatic hydroxyl groups excluding tert-OH is 1. The first-order chi connectivity index (χ1) is 20.9. The number of aliphatic hydroxyl groups is 1. The number of amides is 1. The lowest BCUT2D eigenvalue weighted by atomic mass is 9.82. The Hall–Kier alpha value is -4.14. The topological polar surface area (TPSA) is 83.4 Å². The van der Waals surface area contributed by atoms with Crippen molar-refractivity contribution in [3.8, 4) is 5.75 Å². The van der Waals surface area contributed by atoms with Gasteiger partial charge in [0, 0.05) is 55.8 Å². The number of anilines is 1. The quantitative estimate of drug-likeness (QED) is 0.183. The lowest BCUT2D eigenvalue weighted by Crippen LogP contribution is -2.49. The number of rotatable bonds is 12. The van der Waals surface area contributed by atoms with Gasteiger partial charge in [-0.25, -0.2) is 4.99 Å². The van der Waals surface area contributed by atoms with Gasteiger partial charge in [-0.15, -0.1) is 0 Å². The molecule has 7 nitrogen and oxygen atoms in total. The van der Waals surface area contributed by atoms with Gasteiger partial charge in [0.05, 0.1) is 6.61 Å². The second-order valence-electron chi connectivity index (χ2n) is 10.7. The average molecular weight is 643 g/mol. The minimum atomic E-state index is -1.26. The second-order valence-corrected chi connectivity index (χ2v) is 11.7. The van der Waals surface area contributed by atoms with Crippen LogP contribution in [0.3, 0.4) is 0 Å². The number of nitrogens with zero attached hydrogens (tertiary/aromatic N) is 2. The Kier molecular flexibility index (Phi) is 9.79. The SMILES string of the molecule is CN(C)c1ccc(CNC(=O)[C@]2(Cc3ccccc3)N=C(c3ccc(OCCCO)cc3)O[C@@H]2c2ccc(Br)cc2)cc1. The fraction of sp³-hybridized carbons (Fsp3) is 0.257. The highest BCUT2D eigenvalue weighted by atomic mass is 79.9. The second kappa shape index (κ2) is 13.9. The van der Waals surface area contributed by atoms with Crippen molar-refractivity contribution in [1.82, 2.24) is 5.32 Å². The molecule has 0 saturated heterocycles. The predicted octanol–water partition coefficient (Wildman–Crippen LogP) is 6.09. The molecule has 2 atom stereocenters. The molecule has 4 aromatic carbocycles. The minimum Gasteiger partial charge on any atom is -0.494 e. The summed E-state index contributed by atoms with van der Waals surface area (Å²) in [5, 5.41) is 12.2. The van der Waals surface area contributed by atoms with E-state index in [1.54, 1.807) is 0 Å². The number of ether oxygens (including phenoxy) is 2. The monoisotopic (exact) mass is 641 g/mol. The Bertz CT molecular complexity index is 1520. The van der Waals surface area contributed by atoms with Gasteiger partial charge in [0.25, 0.3) is 5.91 Å². The van der Waals surface area contributed by atoms with Gasteiger partial charge < -0.3 is 24.8 Å². The van der Waals surface area contributed by atoms with E-state index in [1.807, 2.05) is 122 Å². The molecule has 8 heteroatoms. The van der Waals surface area contributed by atoms with Crippen LogP contribution in [-0.4, -0.2) is 49.8 Å². The number of carbonyl (C=O) groups excluding carboxylic acids is 1. The molecule has 5 rings (SSSR count). The van der Waals surface area contributed by atoms with Gasteiger partial charge in [-0.3, -0.25) is 4.79 Å². The third kappa shape index (κ3) is 7.27. The van der Waals surface area contributed by atoms with E-state index in [4.69, 9.17) is 19.6 Å². The summed E-state index contributed by atoms with van der Waals surface area (Å²) in [5.74, 6) is 0.880. The highest BCUT2D eigenvalue weighted by molar-refractivity contribution is 9.10. The van der Waals surface area contributed by atoms with Crippen molar-refractivity contribution in [1.29, 1.82) is 0 Å². The number of hydrogen-bond acceptors (Lipinski definition) is 6. The number of hydrogen-bond donors (Lipinski definition) is 2. The van der Waals surface area contributed by atoms with Crippen LogP contribution >= 0.6 is 15.9 Å². The van der Waals surface area contributed by atoms with Crippen molar-refractivity contribution in [3.05, 3.63) is 130 Å². The first kappa shape index (κ1) is 30.3. The molecule has 1 amide bonds. The molecule has 1 heterocycles. The third-order valence-corrected chi connectivity index (χ3v) is 7.95. The summed E-state index contributed by atoms with van der Waals surface area (Å²) in [5.41, 5.74) is 3.41. The highest BCUT2D eigenvalue weighted by Gasteiger charge is 2.53.